The molecule has 0 aliphatic carbocycles. The van der Waals surface area contributed by atoms with Crippen molar-refractivity contribution >= 4 is 31.9 Å². The molecule has 0 bridgehead atoms. The number of hydrogen-bond acceptors (Lipinski definition) is 6. The van der Waals surface area contributed by atoms with Crippen LogP contribution >= 0.6 is 11.3 Å². The van der Waals surface area contributed by atoms with Gasteiger partial charge in [-0.2, -0.15) is 5.26 Å². The van der Waals surface area contributed by atoms with Gasteiger partial charge in [-0.25, -0.2) is 8.42 Å². The molecule has 1 aromatic rings. The first-order valence-corrected chi connectivity index (χ1v) is 9.14. The highest BCUT2D eigenvalue weighted by Crippen LogP contribution is 2.43. The van der Waals surface area contributed by atoms with Crippen LogP contribution < -0.4 is 10.6 Å². The molecule has 0 unspecified atom stereocenters. The average Bonchev–Trinajstić information content (AvgIpc) is 2.64. The number of nitrogen functional groups attached to an aromatic ring is 1. The zero-order chi connectivity index (χ0) is 15.1. The average molecular weight is 313 g/mol. The predicted octanol–water partition coefficient (Wildman–Crippen LogP) is 2.23. The minimum Gasteiger partial charge on any atom is -0.396 e. The molecule has 0 aromatic carbocycles. The third-order valence-corrected chi connectivity index (χ3v) is 6.00. The molecule has 7 heteroatoms. The monoisotopic (exact) mass is 313 g/mol. The van der Waals surface area contributed by atoms with Crippen molar-refractivity contribution in [3.05, 3.63) is 4.88 Å². The van der Waals surface area contributed by atoms with Crippen LogP contribution in [-0.4, -0.2) is 27.8 Å². The summed E-state index contributed by atoms with van der Waals surface area (Å²) >= 11 is 1.18. The zero-order valence-electron chi connectivity index (χ0n) is 11.9. The number of anilines is 2. The lowest BCUT2D eigenvalue weighted by Crippen LogP contribution is -2.40. The summed E-state index contributed by atoms with van der Waals surface area (Å²) in [4.78, 5) is 2.46. The van der Waals surface area contributed by atoms with Crippen molar-refractivity contribution in [2.45, 2.75) is 31.6 Å². The van der Waals surface area contributed by atoms with Crippen molar-refractivity contribution in [3.63, 3.8) is 0 Å². The van der Waals surface area contributed by atoms with Gasteiger partial charge in [-0.15, -0.1) is 11.3 Å². The van der Waals surface area contributed by atoms with Crippen LogP contribution in [0.3, 0.4) is 0 Å². The molecule has 1 saturated heterocycles. The summed E-state index contributed by atoms with van der Waals surface area (Å²) in [6.45, 7) is 5.92. The number of thiophene rings is 1. The van der Waals surface area contributed by atoms with Crippen molar-refractivity contribution in [1.82, 2.24) is 0 Å². The molecule has 1 aromatic heterocycles. The van der Waals surface area contributed by atoms with Crippen molar-refractivity contribution < 1.29 is 8.42 Å². The minimum absolute atomic E-state index is 0.0957. The van der Waals surface area contributed by atoms with E-state index in [-0.39, 0.29) is 20.9 Å². The molecule has 0 saturated carbocycles. The summed E-state index contributed by atoms with van der Waals surface area (Å²) in [6, 6.07) is 1.99. The standard InChI is InChI=1S/C13H19N3O2S2/c1-13(2)5-4-6-16(8-13)12-11(20(3,17)18)10(15)9(7-14)19-12/h4-6,8,15H2,1-3H3. The van der Waals surface area contributed by atoms with Gasteiger partial charge in [-0.1, -0.05) is 13.8 Å². The molecule has 5 nitrogen and oxygen atoms in total. The number of hydrogen-bond donors (Lipinski definition) is 1. The van der Waals surface area contributed by atoms with Gasteiger partial charge >= 0.3 is 0 Å². The third kappa shape index (κ3) is 2.76. The SMILES string of the molecule is CC1(C)CCCN(c2sc(C#N)c(N)c2S(C)(=O)=O)C1. The maximum atomic E-state index is 12.0. The van der Waals surface area contributed by atoms with Crippen molar-refractivity contribution in [2.24, 2.45) is 5.41 Å². The molecular formula is C13H19N3O2S2. The Labute approximate surface area is 123 Å². The van der Waals surface area contributed by atoms with E-state index in [0.717, 1.165) is 32.2 Å². The number of sulfone groups is 1. The highest BCUT2D eigenvalue weighted by atomic mass is 32.2. The van der Waals surface area contributed by atoms with Gasteiger partial charge in [0.1, 0.15) is 20.8 Å². The van der Waals surface area contributed by atoms with Crippen LogP contribution in [0.15, 0.2) is 4.90 Å². The number of nitrogens with two attached hydrogens (primary N) is 1. The summed E-state index contributed by atoms with van der Waals surface area (Å²) in [6.07, 6.45) is 3.27. The first kappa shape index (κ1) is 15.1. The first-order chi connectivity index (χ1) is 9.15. The van der Waals surface area contributed by atoms with E-state index < -0.39 is 9.84 Å². The third-order valence-electron chi connectivity index (χ3n) is 3.54. The molecule has 110 valence electrons. The van der Waals surface area contributed by atoms with Gasteiger partial charge in [-0.3, -0.25) is 0 Å². The number of rotatable bonds is 2. The molecule has 20 heavy (non-hydrogen) atoms. The van der Waals surface area contributed by atoms with Crippen LogP contribution in [0.1, 0.15) is 31.6 Å². The highest BCUT2D eigenvalue weighted by Gasteiger charge is 2.32. The summed E-state index contributed by atoms with van der Waals surface area (Å²) < 4.78 is 24.0. The van der Waals surface area contributed by atoms with E-state index >= 15 is 0 Å². The Balaban J connectivity index is 2.55. The van der Waals surface area contributed by atoms with Crippen molar-refractivity contribution in [3.8, 4) is 6.07 Å². The van der Waals surface area contributed by atoms with Crippen LogP contribution in [0.2, 0.25) is 0 Å². The number of nitriles is 1. The maximum Gasteiger partial charge on any atom is 0.180 e. The fraction of sp³-hybridized carbons (Fsp3) is 0.615. The summed E-state index contributed by atoms with van der Waals surface area (Å²) in [5, 5.41) is 9.71. The second kappa shape index (κ2) is 4.93. The van der Waals surface area contributed by atoms with Crippen LogP contribution in [-0.2, 0) is 9.84 Å². The Bertz CT molecular complexity index is 669. The first-order valence-electron chi connectivity index (χ1n) is 6.43. The van der Waals surface area contributed by atoms with E-state index in [1.54, 1.807) is 0 Å². The van der Waals surface area contributed by atoms with Crippen molar-refractivity contribution in [1.29, 1.82) is 5.26 Å². The molecule has 2 N–H and O–H groups in total. The van der Waals surface area contributed by atoms with E-state index in [0.29, 0.717) is 5.00 Å². The number of nitrogens with zero attached hydrogens (tertiary/aromatic N) is 2. The molecule has 1 aliphatic heterocycles. The van der Waals surface area contributed by atoms with Gasteiger partial charge in [-0.05, 0) is 18.3 Å². The second-order valence-corrected chi connectivity index (χ2v) is 9.00. The lowest BCUT2D eigenvalue weighted by Gasteiger charge is -2.39. The summed E-state index contributed by atoms with van der Waals surface area (Å²) in [5.74, 6) is 0. The normalized spacial score (nSPS) is 18.8. The second-order valence-electron chi connectivity index (χ2n) is 6.05. The van der Waals surface area contributed by atoms with Crippen LogP contribution in [0, 0.1) is 16.7 Å². The van der Waals surface area contributed by atoms with Gasteiger partial charge in [0, 0.05) is 19.3 Å². The fourth-order valence-electron chi connectivity index (χ4n) is 2.66. The van der Waals surface area contributed by atoms with E-state index in [1.807, 2.05) is 6.07 Å². The van der Waals surface area contributed by atoms with Gasteiger partial charge in [0.2, 0.25) is 0 Å². The summed E-state index contributed by atoms with van der Waals surface area (Å²) in [5.41, 5.74) is 6.09. The Kier molecular flexibility index (Phi) is 3.73. The fourth-order valence-corrected chi connectivity index (χ4v) is 5.19. The lowest BCUT2D eigenvalue weighted by atomic mass is 9.84. The topological polar surface area (TPSA) is 87.2 Å². The summed E-state index contributed by atoms with van der Waals surface area (Å²) in [7, 11) is -3.45. The Morgan fingerprint density at radius 3 is 2.60 bits per heavy atom. The highest BCUT2D eigenvalue weighted by molar-refractivity contribution is 7.91. The van der Waals surface area contributed by atoms with Gasteiger partial charge in [0.25, 0.3) is 0 Å². The maximum absolute atomic E-state index is 12.0. The Morgan fingerprint density at radius 1 is 1.45 bits per heavy atom. The Morgan fingerprint density at radius 2 is 2.10 bits per heavy atom. The van der Waals surface area contributed by atoms with E-state index in [2.05, 4.69) is 18.7 Å². The van der Waals surface area contributed by atoms with E-state index in [4.69, 9.17) is 11.0 Å². The molecule has 2 rings (SSSR count). The quantitative estimate of drug-likeness (QED) is 0.904. The van der Waals surface area contributed by atoms with Gasteiger partial charge in [0.15, 0.2) is 9.84 Å². The smallest absolute Gasteiger partial charge is 0.180 e. The molecular weight excluding hydrogens is 294 g/mol. The van der Waals surface area contributed by atoms with E-state index in [9.17, 15) is 8.42 Å². The molecule has 0 spiro atoms. The van der Waals surface area contributed by atoms with Gasteiger partial charge < -0.3 is 10.6 Å². The molecule has 0 radical (unpaired) electrons. The Hall–Kier alpha value is -1.26. The largest absolute Gasteiger partial charge is 0.396 e. The molecule has 0 atom stereocenters. The molecule has 0 amide bonds. The molecule has 1 fully saturated rings. The minimum atomic E-state index is -3.45. The lowest BCUT2D eigenvalue weighted by molar-refractivity contribution is 0.293. The molecule has 2 heterocycles. The predicted molar refractivity (Wildman–Crippen MR) is 81.8 cm³/mol. The van der Waals surface area contributed by atoms with Gasteiger partial charge in [0.05, 0.1) is 5.69 Å². The molecule has 1 aliphatic rings. The zero-order valence-corrected chi connectivity index (χ0v) is 13.6. The van der Waals surface area contributed by atoms with Crippen LogP contribution in [0.25, 0.3) is 0 Å². The van der Waals surface area contributed by atoms with Crippen molar-refractivity contribution in [2.75, 3.05) is 30.0 Å². The van der Waals surface area contributed by atoms with Crippen LogP contribution in [0.5, 0.6) is 0 Å². The van der Waals surface area contributed by atoms with Crippen LogP contribution in [0.4, 0.5) is 10.7 Å². The van der Waals surface area contributed by atoms with E-state index in [1.165, 1.54) is 11.3 Å². The number of piperidine rings is 1.